The molecule has 0 amide bonds. The number of nitrogens with zero attached hydrogens (tertiary/aromatic N) is 2. The van der Waals surface area contributed by atoms with Crippen LogP contribution < -0.4 is 5.32 Å². The number of thiophene rings is 1. The van der Waals surface area contributed by atoms with Crippen LogP contribution in [0.3, 0.4) is 0 Å². The van der Waals surface area contributed by atoms with Crippen LogP contribution in [0.5, 0.6) is 0 Å². The molecule has 0 aromatic carbocycles. The van der Waals surface area contributed by atoms with E-state index in [-0.39, 0.29) is 6.10 Å². The van der Waals surface area contributed by atoms with Crippen LogP contribution in [0.1, 0.15) is 29.6 Å². The van der Waals surface area contributed by atoms with E-state index in [2.05, 4.69) is 33.3 Å². The molecule has 2 aromatic heterocycles. The van der Waals surface area contributed by atoms with E-state index in [1.54, 1.807) is 11.8 Å². The van der Waals surface area contributed by atoms with Crippen molar-refractivity contribution in [3.8, 4) is 0 Å². The second kappa shape index (κ2) is 6.96. The quantitative estimate of drug-likeness (QED) is 0.858. The average molecular weight is 323 g/mol. The molecule has 3 heterocycles. The minimum absolute atomic E-state index is 0.0544. The average Bonchev–Trinajstić information content (AvgIpc) is 3.14. The Bertz CT molecular complexity index is 581. The van der Waals surface area contributed by atoms with E-state index in [0.717, 1.165) is 31.8 Å². The Kier molecular flexibility index (Phi) is 5.00. The highest BCUT2D eigenvalue weighted by atomic mass is 32.2. The van der Waals surface area contributed by atoms with Crippen LogP contribution in [0.25, 0.3) is 0 Å². The van der Waals surface area contributed by atoms with Crippen molar-refractivity contribution in [2.45, 2.75) is 35.7 Å². The zero-order valence-electron chi connectivity index (χ0n) is 12.4. The minimum atomic E-state index is 0.0544. The van der Waals surface area contributed by atoms with Crippen molar-refractivity contribution in [2.75, 3.05) is 12.9 Å². The third kappa shape index (κ3) is 3.51. The van der Waals surface area contributed by atoms with Crippen molar-refractivity contribution in [1.29, 1.82) is 0 Å². The number of rotatable bonds is 5. The van der Waals surface area contributed by atoms with Crippen molar-refractivity contribution in [3.05, 3.63) is 35.2 Å². The fourth-order valence-electron chi connectivity index (χ4n) is 2.69. The lowest BCUT2D eigenvalue weighted by molar-refractivity contribution is -0.0177. The number of aromatic nitrogens is 2. The summed E-state index contributed by atoms with van der Waals surface area (Å²) in [5.74, 6) is 1.02. The normalized spacial score (nSPS) is 22.6. The summed E-state index contributed by atoms with van der Waals surface area (Å²) in [6, 6.07) is 4.74. The predicted molar refractivity (Wildman–Crippen MR) is 87.9 cm³/mol. The fourth-order valence-corrected chi connectivity index (χ4v) is 4.24. The number of nitrogens with one attached hydrogen (secondary N) is 1. The highest BCUT2D eigenvalue weighted by Gasteiger charge is 2.29. The first-order valence-corrected chi connectivity index (χ1v) is 9.27. The summed E-state index contributed by atoms with van der Waals surface area (Å²) >= 11 is 3.67. The van der Waals surface area contributed by atoms with Crippen LogP contribution in [0.15, 0.2) is 28.7 Å². The first-order chi connectivity index (χ1) is 10.3. The lowest BCUT2D eigenvalue weighted by Gasteiger charge is -2.32. The number of imidazole rings is 1. The molecule has 1 aliphatic heterocycles. The van der Waals surface area contributed by atoms with Gasteiger partial charge in [-0.2, -0.15) is 0 Å². The molecule has 1 saturated heterocycles. The largest absolute Gasteiger partial charge is 0.369 e. The van der Waals surface area contributed by atoms with Gasteiger partial charge in [-0.1, -0.05) is 0 Å². The molecule has 0 spiro atoms. The molecule has 3 rings (SSSR count). The highest BCUT2D eigenvalue weighted by Crippen LogP contribution is 2.29. The van der Waals surface area contributed by atoms with Crippen molar-refractivity contribution < 1.29 is 4.74 Å². The Morgan fingerprint density at radius 1 is 1.52 bits per heavy atom. The van der Waals surface area contributed by atoms with E-state index in [0.29, 0.717) is 6.04 Å². The molecule has 0 unspecified atom stereocenters. The van der Waals surface area contributed by atoms with Gasteiger partial charge < -0.3 is 14.6 Å². The Labute approximate surface area is 133 Å². The smallest absolute Gasteiger partial charge is 0.139 e. The van der Waals surface area contributed by atoms with Gasteiger partial charge in [0, 0.05) is 43.5 Å². The zero-order valence-corrected chi connectivity index (χ0v) is 14.0. The topological polar surface area (TPSA) is 39.1 Å². The molecule has 1 fully saturated rings. The summed E-state index contributed by atoms with van der Waals surface area (Å²) in [5.41, 5.74) is 0. The molecule has 0 aliphatic carbocycles. The van der Waals surface area contributed by atoms with Crippen LogP contribution in [-0.4, -0.2) is 28.5 Å². The number of thioether (sulfide) groups is 1. The molecule has 1 aliphatic rings. The minimum Gasteiger partial charge on any atom is -0.369 e. The summed E-state index contributed by atoms with van der Waals surface area (Å²) in [5, 5.41) is 3.66. The lowest BCUT2D eigenvalue weighted by Crippen LogP contribution is -2.40. The Hall–Kier alpha value is -0.820. The zero-order chi connectivity index (χ0) is 14.7. The molecule has 4 nitrogen and oxygen atoms in total. The van der Waals surface area contributed by atoms with Gasteiger partial charge >= 0.3 is 0 Å². The Morgan fingerprint density at radius 3 is 3.14 bits per heavy atom. The van der Waals surface area contributed by atoms with Gasteiger partial charge in [-0.05, 0) is 31.2 Å². The van der Waals surface area contributed by atoms with E-state index in [9.17, 15) is 0 Å². The molecule has 2 atom stereocenters. The Balaban J connectivity index is 1.66. The molecule has 2 aromatic rings. The van der Waals surface area contributed by atoms with Crippen molar-refractivity contribution in [3.63, 3.8) is 0 Å². The third-order valence-corrected chi connectivity index (χ3v) is 5.98. The molecule has 21 heavy (non-hydrogen) atoms. The first kappa shape index (κ1) is 15.1. The molecule has 6 heteroatoms. The van der Waals surface area contributed by atoms with Crippen LogP contribution in [0.2, 0.25) is 0 Å². The van der Waals surface area contributed by atoms with Crippen molar-refractivity contribution in [1.82, 2.24) is 14.9 Å². The molecule has 0 bridgehead atoms. The number of aryl methyl sites for hydroxylation is 1. The van der Waals surface area contributed by atoms with Crippen LogP contribution in [-0.2, 0) is 18.3 Å². The van der Waals surface area contributed by atoms with Crippen LogP contribution >= 0.6 is 23.1 Å². The summed E-state index contributed by atoms with van der Waals surface area (Å²) in [7, 11) is 2.03. The van der Waals surface area contributed by atoms with Gasteiger partial charge in [-0.15, -0.1) is 23.1 Å². The van der Waals surface area contributed by atoms with E-state index < -0.39 is 0 Å². The van der Waals surface area contributed by atoms with Crippen LogP contribution in [0, 0.1) is 0 Å². The second-order valence-electron chi connectivity index (χ2n) is 5.24. The monoisotopic (exact) mass is 323 g/mol. The van der Waals surface area contributed by atoms with E-state index in [1.807, 2.05) is 30.8 Å². The molecule has 1 N–H and O–H groups in total. The van der Waals surface area contributed by atoms with Gasteiger partial charge in [0.05, 0.1) is 4.21 Å². The molecule has 0 radical (unpaired) electrons. The summed E-state index contributed by atoms with van der Waals surface area (Å²) in [4.78, 5) is 5.84. The highest BCUT2D eigenvalue weighted by molar-refractivity contribution is 8.00. The van der Waals surface area contributed by atoms with Gasteiger partial charge in [-0.25, -0.2) is 4.98 Å². The number of hydrogen-bond acceptors (Lipinski definition) is 5. The fraction of sp³-hybridized carbons (Fsp3) is 0.533. The molecule has 114 valence electrons. The van der Waals surface area contributed by atoms with Crippen molar-refractivity contribution in [2.24, 2.45) is 7.05 Å². The van der Waals surface area contributed by atoms with Crippen LogP contribution in [0.4, 0.5) is 0 Å². The van der Waals surface area contributed by atoms with Crippen molar-refractivity contribution >= 4 is 23.1 Å². The maximum Gasteiger partial charge on any atom is 0.139 e. The van der Waals surface area contributed by atoms with Gasteiger partial charge in [0.1, 0.15) is 11.9 Å². The molecule has 0 saturated carbocycles. The predicted octanol–water partition coefficient (Wildman–Crippen LogP) is 3.21. The van der Waals surface area contributed by atoms with E-state index in [4.69, 9.17) is 4.74 Å². The number of ether oxygens (including phenoxy) is 1. The first-order valence-electron chi connectivity index (χ1n) is 7.23. The van der Waals surface area contributed by atoms with Gasteiger partial charge in [0.25, 0.3) is 0 Å². The van der Waals surface area contributed by atoms with Gasteiger partial charge in [0.15, 0.2) is 0 Å². The van der Waals surface area contributed by atoms with E-state index in [1.165, 1.54) is 9.09 Å². The summed E-state index contributed by atoms with van der Waals surface area (Å²) in [6.07, 6.45) is 8.24. The standard InChI is InChI=1S/C15H21N3OS2/c1-18-8-7-16-15(18)14-12(4-3-9-19-14)17-10-11-5-6-13(20-2)21-11/h5-8,12,14,17H,3-4,9-10H2,1-2H3/t12-,14-/m0/s1. The van der Waals surface area contributed by atoms with Gasteiger partial charge in [-0.3, -0.25) is 0 Å². The summed E-state index contributed by atoms with van der Waals surface area (Å²) in [6.45, 7) is 1.73. The summed E-state index contributed by atoms with van der Waals surface area (Å²) < 4.78 is 9.41. The third-order valence-electron chi connectivity index (χ3n) is 3.81. The second-order valence-corrected chi connectivity index (χ2v) is 7.52. The number of hydrogen-bond donors (Lipinski definition) is 1. The Morgan fingerprint density at radius 2 is 2.43 bits per heavy atom. The molecular formula is C15H21N3OS2. The van der Waals surface area contributed by atoms with Gasteiger partial charge in [0.2, 0.25) is 0 Å². The van der Waals surface area contributed by atoms with E-state index >= 15 is 0 Å². The molecular weight excluding hydrogens is 302 g/mol. The maximum atomic E-state index is 5.98. The maximum absolute atomic E-state index is 5.98. The SMILES string of the molecule is CSc1ccc(CN[C@H]2CCCO[C@@H]2c2nccn2C)s1. The lowest BCUT2D eigenvalue weighted by atomic mass is 10.0.